The molecule has 1 saturated heterocycles. The second-order valence-electron chi connectivity index (χ2n) is 31.7. The van der Waals surface area contributed by atoms with Gasteiger partial charge in [0.05, 0.1) is 29.8 Å². The average molecular weight is 1680 g/mol. The van der Waals surface area contributed by atoms with Crippen molar-refractivity contribution >= 4 is 70.6 Å². The van der Waals surface area contributed by atoms with E-state index in [0.717, 1.165) is 80.6 Å². The number of anilines is 1. The van der Waals surface area contributed by atoms with Gasteiger partial charge in [-0.1, -0.05) is 43.6 Å². The maximum Gasteiger partial charge on any atom is 0.325 e. The molecule has 10 amide bonds. The van der Waals surface area contributed by atoms with Crippen molar-refractivity contribution in [3.05, 3.63) is 135 Å². The summed E-state index contributed by atoms with van der Waals surface area (Å²) >= 11 is 7.19. The van der Waals surface area contributed by atoms with E-state index in [2.05, 4.69) is 63.8 Å². The van der Waals surface area contributed by atoms with Gasteiger partial charge < -0.3 is 133 Å². The summed E-state index contributed by atoms with van der Waals surface area (Å²) in [6.45, 7) is 5.37. The number of halogens is 1. The molecule has 5 fully saturated rings. The summed E-state index contributed by atoms with van der Waals surface area (Å²) in [5.41, 5.74) is -1.87. The smallest absolute Gasteiger partial charge is 0.325 e. The SMILES string of the molecule is CNCCOc1ccc(NC(=O)NC(=O)C[C@@H]2NC(=O)[C@H](NC(=O)[C@@H](CC(C)C)NC)[C@H](O)c3ccc(c(C)c3)Oc3cc4cc(c3O[C@@H]3O[C@H](CO)[C@@H](O)[C@H](O)[C@H]3O)Oc3ccc(cc3Cl)[C@@H](O)[C@@H]3NC(=O)[C@H](NC(=O)[C@@H]4NC2=O)c2ccc(O)c(c2)-c2c(O)cc(O)cc2[C@@H](C(=O)NC2C4CC5CC(C4)CC2C5)NC3=O)c(OCCNC)c1. The van der Waals surface area contributed by atoms with Crippen LogP contribution in [0.15, 0.2) is 97.1 Å². The van der Waals surface area contributed by atoms with Crippen molar-refractivity contribution in [3.8, 4) is 68.6 Å². The predicted octanol–water partition coefficient (Wildman–Crippen LogP) is 2.44. The summed E-state index contributed by atoms with van der Waals surface area (Å²) in [5.74, 6) is -12.7. The molecule has 0 unspecified atom stereocenters. The fourth-order valence-electron chi connectivity index (χ4n) is 17.0. The van der Waals surface area contributed by atoms with Crippen LogP contribution in [0.1, 0.15) is 123 Å². The minimum Gasteiger partial charge on any atom is -0.508 e. The highest BCUT2D eigenvalue weighted by atomic mass is 35.5. The number of phenolic OH excluding ortho intramolecular Hbond substituents is 3. The maximum absolute atomic E-state index is 16.5. The number of fused-ring (bicyclic) bond motifs is 15. The number of phenols is 3. The Morgan fingerprint density at radius 1 is 0.617 bits per heavy atom. The van der Waals surface area contributed by atoms with Gasteiger partial charge in [0, 0.05) is 42.4 Å². The molecule has 6 aromatic carbocycles. The molecule has 4 saturated carbocycles. The van der Waals surface area contributed by atoms with Crippen molar-refractivity contribution in [3.63, 3.8) is 0 Å². The topological polar surface area (TPSA) is 535 Å². The summed E-state index contributed by atoms with van der Waals surface area (Å²) in [6, 6.07) is 3.73. The van der Waals surface area contributed by atoms with Crippen LogP contribution in [-0.2, 0) is 43.1 Å². The molecule has 6 aromatic rings. The quantitative estimate of drug-likeness (QED) is 0.0460. The number of hydrogen-bond donors (Lipinski definition) is 21. The fourth-order valence-corrected chi connectivity index (χ4v) is 17.2. The lowest BCUT2D eigenvalue weighted by Gasteiger charge is -2.54. The number of carbonyl (C=O) groups is 9. The molecule has 0 radical (unpaired) electrons. The third-order valence-corrected chi connectivity index (χ3v) is 23.2. The number of hydrogen-bond acceptors (Lipinski definition) is 27. The molecule has 0 spiro atoms. The zero-order valence-corrected chi connectivity index (χ0v) is 67.1. The fraction of sp³-hybridized carbons (Fsp3) is 0.458. The van der Waals surface area contributed by atoms with E-state index in [-0.39, 0.29) is 105 Å². The highest BCUT2D eigenvalue weighted by molar-refractivity contribution is 6.32. The number of aryl methyl sites for hydroxylation is 1. The number of aliphatic hydroxyl groups excluding tert-OH is 6. The van der Waals surface area contributed by atoms with E-state index in [0.29, 0.717) is 30.7 Å². The molecule has 16 rings (SSSR count). The number of urea groups is 1. The highest BCUT2D eigenvalue weighted by Crippen LogP contribution is 2.55. The number of aromatic hydroxyl groups is 3. The number of nitrogens with one attached hydrogen (secondary N) is 12. The first-order valence-corrected chi connectivity index (χ1v) is 40.0. The van der Waals surface area contributed by atoms with Gasteiger partial charge in [0.15, 0.2) is 11.5 Å². The summed E-state index contributed by atoms with van der Waals surface area (Å²) in [5, 5.41) is 137. The van der Waals surface area contributed by atoms with Crippen LogP contribution in [0.3, 0.4) is 0 Å². The average Bonchev–Trinajstić information content (AvgIpc) is 0.759. The first kappa shape index (κ1) is 86.7. The van der Waals surface area contributed by atoms with Crippen LogP contribution in [-0.4, -0.2) is 214 Å². The van der Waals surface area contributed by atoms with Crippen molar-refractivity contribution < 1.29 is 118 Å². The summed E-state index contributed by atoms with van der Waals surface area (Å²) in [7, 11) is 4.91. The molecule has 0 aromatic heterocycles. The van der Waals surface area contributed by atoms with E-state index >= 15 is 28.8 Å². The van der Waals surface area contributed by atoms with Gasteiger partial charge in [-0.2, -0.15) is 0 Å². The number of imide groups is 1. The molecule has 37 heteroatoms. The maximum atomic E-state index is 16.5. The summed E-state index contributed by atoms with van der Waals surface area (Å²) < 4.78 is 37.5. The third kappa shape index (κ3) is 19.0. The molecule has 15 bridgehead atoms. The van der Waals surface area contributed by atoms with Crippen LogP contribution in [0.25, 0.3) is 11.1 Å². The lowest BCUT2D eigenvalue weighted by molar-refractivity contribution is -0.277. The number of rotatable bonds is 21. The van der Waals surface area contributed by atoms with Crippen LogP contribution in [0.5, 0.6) is 57.5 Å². The molecule has 4 aliphatic carbocycles. The van der Waals surface area contributed by atoms with E-state index in [9.17, 15) is 60.3 Å². The Balaban J connectivity index is 0.983. The first-order chi connectivity index (χ1) is 57.4. The third-order valence-electron chi connectivity index (χ3n) is 22.9. The van der Waals surface area contributed by atoms with Crippen LogP contribution in [0.4, 0.5) is 10.5 Å². The summed E-state index contributed by atoms with van der Waals surface area (Å²) in [4.78, 5) is 139. The summed E-state index contributed by atoms with van der Waals surface area (Å²) in [6.07, 6.45) is -10.7. The Morgan fingerprint density at radius 2 is 1.26 bits per heavy atom. The van der Waals surface area contributed by atoms with Gasteiger partial charge in [-0.3, -0.25) is 43.7 Å². The van der Waals surface area contributed by atoms with Crippen molar-refractivity contribution in [2.75, 3.05) is 59.4 Å². The minimum absolute atomic E-state index is 0.0278. The van der Waals surface area contributed by atoms with Crippen molar-refractivity contribution in [1.82, 2.24) is 58.5 Å². The molecule has 120 heavy (non-hydrogen) atoms. The van der Waals surface area contributed by atoms with E-state index < -0.39 is 197 Å². The van der Waals surface area contributed by atoms with E-state index in [1.54, 1.807) is 14.1 Å². The lowest BCUT2D eigenvalue weighted by atomic mass is 9.54. The number of aliphatic hydroxyl groups is 6. The lowest BCUT2D eigenvalue weighted by Crippen LogP contribution is -2.60. The van der Waals surface area contributed by atoms with Gasteiger partial charge in [0.2, 0.25) is 59.3 Å². The van der Waals surface area contributed by atoms with Gasteiger partial charge in [-0.15, -0.1) is 0 Å². The van der Waals surface area contributed by atoms with E-state index in [4.69, 9.17) is 40.0 Å². The number of benzene rings is 6. The van der Waals surface area contributed by atoms with Crippen LogP contribution in [0.2, 0.25) is 5.02 Å². The van der Waals surface area contributed by atoms with Gasteiger partial charge in [-0.25, -0.2) is 4.79 Å². The molecule has 21 N–H and O–H groups in total. The van der Waals surface area contributed by atoms with E-state index in [1.165, 1.54) is 62.5 Å². The van der Waals surface area contributed by atoms with Crippen molar-refractivity contribution in [1.29, 1.82) is 0 Å². The van der Waals surface area contributed by atoms with Crippen molar-refractivity contribution in [2.24, 2.45) is 29.6 Å². The zero-order chi connectivity index (χ0) is 85.8. The molecule has 6 aliphatic heterocycles. The first-order valence-electron chi connectivity index (χ1n) is 39.7. The van der Waals surface area contributed by atoms with E-state index in [1.807, 2.05) is 13.8 Å². The molecule has 642 valence electrons. The molecular weight excluding hydrogens is 1580 g/mol. The Kier molecular flexibility index (Phi) is 26.9. The van der Waals surface area contributed by atoms with Gasteiger partial charge in [0.1, 0.15) is 126 Å². The molecule has 14 atom stereocenters. The molecular formula is C83H99ClN12O24. The predicted molar refractivity (Wildman–Crippen MR) is 427 cm³/mol. The van der Waals surface area contributed by atoms with Gasteiger partial charge in [-0.05, 0) is 196 Å². The molecule has 10 aliphatic rings. The number of likely N-dealkylation sites (N-methyl/N-ethyl adjacent to an activating group) is 3. The van der Waals surface area contributed by atoms with Crippen LogP contribution < -0.4 is 87.5 Å². The second-order valence-corrected chi connectivity index (χ2v) is 32.1. The van der Waals surface area contributed by atoms with Gasteiger partial charge in [0.25, 0.3) is 0 Å². The number of amides is 10. The zero-order valence-electron chi connectivity index (χ0n) is 66.3. The number of carbonyl (C=O) groups excluding carboxylic acids is 9. The Bertz CT molecular complexity index is 4870. The molecule has 36 nitrogen and oxygen atoms in total. The monoisotopic (exact) mass is 1680 g/mol. The minimum atomic E-state index is -2.38. The van der Waals surface area contributed by atoms with Crippen molar-refractivity contribution in [2.45, 2.75) is 157 Å². The highest BCUT2D eigenvalue weighted by Gasteiger charge is 2.51. The normalized spacial score (nSPS) is 27.2. The Hall–Kier alpha value is -11.2. The molecule has 6 heterocycles. The van der Waals surface area contributed by atoms with Gasteiger partial charge >= 0.3 is 6.03 Å². The van der Waals surface area contributed by atoms with Crippen LogP contribution in [0, 0.1) is 36.5 Å². The Morgan fingerprint density at radius 3 is 1.92 bits per heavy atom. The Labute approximate surface area is 693 Å². The standard InChI is InChI=1S/C83H99ClN12O24/c1-35(2)19-51(87-6)75(107)95-67-69(102)40-8-13-55(36(3)20-40)117-58-28-44-29-59(74(58)120-82-73(106)72(105)71(104)60(34-97)119-82)118-56-14-9-41(27-49(56)84)70(103)68-81(113)94-66(79(111)91-63-42-22-37-21-38(24-42)25-43(63)23-37)48-30-45(98)31-54(100)62(48)47-26-39(7-12-53(47)99)64(77(109)96-68)93-78(110)65(44)92-76(108)52(88-80(67)112)33-61(101)90-83(114)89-50-11-10-46(115-17-15-85-4)32-57(50)116-18-16-86-5/h7-14,20,26-32,35,37-38,42-43,51-52,60,63-73,82,85-87,97-100,102-106H,15-19,21-25,33-34H2,1-6H3,(H,88,112)(H,91,111)(H,92,108)(H,93,110)(H,94,113)(H,95,107)(H,96,109)(H2,89,90,101,114)/t37?,38?,42?,43?,51-,52+,60-,63?,64-,65-,66+,67-,68+,69-,70-,71-,72+,73-,82+/m1/s1. The van der Waals surface area contributed by atoms with Crippen LogP contribution >= 0.6 is 11.6 Å². The second kappa shape index (κ2) is 37.2. The largest absolute Gasteiger partial charge is 0.508 e. The number of ether oxygens (including phenoxy) is 6.